The molecule has 1 aliphatic rings. The van der Waals surface area contributed by atoms with Gasteiger partial charge in [0, 0.05) is 46.7 Å². The molecule has 1 atom stereocenters. The van der Waals surface area contributed by atoms with Crippen molar-refractivity contribution in [2.45, 2.75) is 25.3 Å². The molecule has 5 rings (SSSR count). The second-order valence-corrected chi connectivity index (χ2v) is 8.09. The number of hydrogen-bond acceptors (Lipinski definition) is 4. The SMILES string of the molecule is O=C([O-])CC1COc2cc(OCCCn3c(-c4ccccc4)cc4ccccc43)ccc21. The summed E-state index contributed by atoms with van der Waals surface area (Å²) in [6, 6.07) is 26.8. The Balaban J connectivity index is 1.26. The van der Waals surface area contributed by atoms with Gasteiger partial charge in [-0.05, 0) is 36.6 Å². The third-order valence-electron chi connectivity index (χ3n) is 5.95. The number of carbonyl (C=O) groups excluding carboxylic acids is 1. The van der Waals surface area contributed by atoms with Crippen molar-refractivity contribution in [3.63, 3.8) is 0 Å². The first-order valence-electron chi connectivity index (χ1n) is 10.9. The number of aliphatic carboxylic acids is 1. The molecule has 2 heterocycles. The van der Waals surface area contributed by atoms with Crippen LogP contribution in [-0.4, -0.2) is 23.8 Å². The van der Waals surface area contributed by atoms with Crippen LogP contribution in [0.2, 0.25) is 0 Å². The molecule has 0 radical (unpaired) electrons. The molecular formula is C27H24NO4-. The number of aromatic nitrogens is 1. The number of carbonyl (C=O) groups is 1. The largest absolute Gasteiger partial charge is 0.550 e. The second kappa shape index (κ2) is 8.79. The number of carboxylic acid groups (broad SMARTS) is 1. The molecule has 1 aromatic heterocycles. The van der Waals surface area contributed by atoms with Crippen molar-refractivity contribution >= 4 is 16.9 Å². The molecule has 5 heteroatoms. The van der Waals surface area contributed by atoms with E-state index in [4.69, 9.17) is 9.47 Å². The van der Waals surface area contributed by atoms with Gasteiger partial charge in [-0.25, -0.2) is 0 Å². The molecule has 0 saturated heterocycles. The summed E-state index contributed by atoms with van der Waals surface area (Å²) < 4.78 is 14.0. The Morgan fingerprint density at radius 2 is 1.84 bits per heavy atom. The monoisotopic (exact) mass is 426 g/mol. The minimum absolute atomic E-state index is 0.0260. The van der Waals surface area contributed by atoms with Crippen LogP contribution in [0.25, 0.3) is 22.2 Å². The van der Waals surface area contributed by atoms with E-state index in [0.717, 1.165) is 24.3 Å². The number of rotatable bonds is 8. The third kappa shape index (κ3) is 4.06. The topological polar surface area (TPSA) is 63.5 Å². The zero-order chi connectivity index (χ0) is 21.9. The summed E-state index contributed by atoms with van der Waals surface area (Å²) in [5.74, 6) is 0.233. The predicted molar refractivity (Wildman–Crippen MR) is 122 cm³/mol. The molecule has 0 fully saturated rings. The lowest BCUT2D eigenvalue weighted by molar-refractivity contribution is -0.306. The third-order valence-corrected chi connectivity index (χ3v) is 5.95. The van der Waals surface area contributed by atoms with Gasteiger partial charge in [0.25, 0.3) is 0 Å². The molecule has 0 aliphatic carbocycles. The quantitative estimate of drug-likeness (QED) is 0.392. The molecule has 1 unspecified atom stereocenters. The van der Waals surface area contributed by atoms with E-state index >= 15 is 0 Å². The standard InChI is InChI=1S/C27H25NO4/c29-27(30)16-21-18-32-26-17-22(11-12-23(21)26)31-14-6-13-28-24-10-5-4-9-20(24)15-25(28)19-7-2-1-3-8-19/h1-5,7-12,15,17,21H,6,13-14,16,18H2,(H,29,30)/p-1. The molecular weight excluding hydrogens is 402 g/mol. The molecule has 0 bridgehead atoms. The Hall–Kier alpha value is -3.73. The van der Waals surface area contributed by atoms with Crippen molar-refractivity contribution in [3.8, 4) is 22.8 Å². The van der Waals surface area contributed by atoms with E-state index in [1.54, 1.807) is 0 Å². The highest BCUT2D eigenvalue weighted by Crippen LogP contribution is 2.38. The summed E-state index contributed by atoms with van der Waals surface area (Å²) in [6.45, 7) is 1.78. The lowest BCUT2D eigenvalue weighted by atomic mass is 9.98. The average molecular weight is 426 g/mol. The van der Waals surface area contributed by atoms with E-state index in [2.05, 4.69) is 59.2 Å². The Bertz CT molecular complexity index is 1250. The maximum absolute atomic E-state index is 10.9. The van der Waals surface area contributed by atoms with Gasteiger partial charge in [-0.2, -0.15) is 0 Å². The van der Waals surface area contributed by atoms with Gasteiger partial charge in [-0.15, -0.1) is 0 Å². The number of fused-ring (bicyclic) bond motifs is 2. The van der Waals surface area contributed by atoms with E-state index in [-0.39, 0.29) is 12.3 Å². The highest BCUT2D eigenvalue weighted by atomic mass is 16.5. The number of hydrogen-bond donors (Lipinski definition) is 0. The van der Waals surface area contributed by atoms with Gasteiger partial charge in [0.05, 0.1) is 13.2 Å². The summed E-state index contributed by atoms with van der Waals surface area (Å²) in [5.41, 5.74) is 4.53. The molecule has 162 valence electrons. The van der Waals surface area contributed by atoms with Crippen LogP contribution in [0.4, 0.5) is 0 Å². The summed E-state index contributed by atoms with van der Waals surface area (Å²) >= 11 is 0. The van der Waals surface area contributed by atoms with Gasteiger partial charge < -0.3 is 23.9 Å². The van der Waals surface area contributed by atoms with Crippen LogP contribution >= 0.6 is 0 Å². The fourth-order valence-corrected chi connectivity index (χ4v) is 4.43. The minimum atomic E-state index is -1.06. The number of carboxylic acids is 1. The molecule has 1 aliphatic heterocycles. The van der Waals surface area contributed by atoms with E-state index in [1.807, 2.05) is 24.3 Å². The summed E-state index contributed by atoms with van der Waals surface area (Å²) in [4.78, 5) is 10.9. The van der Waals surface area contributed by atoms with Gasteiger partial charge in [-0.3, -0.25) is 0 Å². The lowest BCUT2D eigenvalue weighted by Gasteiger charge is -2.13. The normalized spacial score (nSPS) is 14.8. The van der Waals surface area contributed by atoms with Crippen molar-refractivity contribution in [3.05, 3.63) is 84.4 Å². The second-order valence-electron chi connectivity index (χ2n) is 8.09. The molecule has 0 spiro atoms. The number of aryl methyl sites for hydroxylation is 1. The van der Waals surface area contributed by atoms with E-state index in [1.165, 1.54) is 22.2 Å². The fraction of sp³-hybridized carbons (Fsp3) is 0.222. The highest BCUT2D eigenvalue weighted by molar-refractivity contribution is 5.87. The molecule has 0 N–H and O–H groups in total. The Morgan fingerprint density at radius 3 is 2.69 bits per heavy atom. The van der Waals surface area contributed by atoms with E-state index < -0.39 is 5.97 Å². The zero-order valence-corrected chi connectivity index (χ0v) is 17.7. The van der Waals surface area contributed by atoms with Crippen LogP contribution in [0.15, 0.2) is 78.9 Å². The first-order valence-corrected chi connectivity index (χ1v) is 10.9. The first-order chi connectivity index (χ1) is 15.7. The number of para-hydroxylation sites is 1. The Labute approximate surface area is 186 Å². The van der Waals surface area contributed by atoms with Crippen LogP contribution in [-0.2, 0) is 11.3 Å². The van der Waals surface area contributed by atoms with E-state index in [0.29, 0.717) is 19.0 Å². The number of ether oxygens (including phenoxy) is 2. The zero-order valence-electron chi connectivity index (χ0n) is 17.7. The van der Waals surface area contributed by atoms with Crippen LogP contribution in [0.5, 0.6) is 11.5 Å². The van der Waals surface area contributed by atoms with Crippen molar-refractivity contribution < 1.29 is 19.4 Å². The maximum Gasteiger partial charge on any atom is 0.126 e. The number of benzene rings is 3. The molecule has 4 aromatic rings. The van der Waals surface area contributed by atoms with Gasteiger partial charge >= 0.3 is 0 Å². The van der Waals surface area contributed by atoms with Crippen molar-refractivity contribution in [1.29, 1.82) is 0 Å². The maximum atomic E-state index is 10.9. The molecule has 0 saturated carbocycles. The van der Waals surface area contributed by atoms with Gasteiger partial charge in [-0.1, -0.05) is 54.6 Å². The van der Waals surface area contributed by atoms with Gasteiger partial charge in [0.15, 0.2) is 0 Å². The molecule has 32 heavy (non-hydrogen) atoms. The van der Waals surface area contributed by atoms with Crippen molar-refractivity contribution in [2.24, 2.45) is 0 Å². The van der Waals surface area contributed by atoms with Crippen molar-refractivity contribution in [1.82, 2.24) is 4.57 Å². The predicted octanol–water partition coefficient (Wildman–Crippen LogP) is 4.39. The van der Waals surface area contributed by atoms with Gasteiger partial charge in [0.1, 0.15) is 11.5 Å². The summed E-state index contributed by atoms with van der Waals surface area (Å²) in [5, 5.41) is 12.1. The summed E-state index contributed by atoms with van der Waals surface area (Å²) in [6.07, 6.45) is 0.825. The van der Waals surface area contributed by atoms with Crippen molar-refractivity contribution in [2.75, 3.05) is 13.2 Å². The van der Waals surface area contributed by atoms with Crippen LogP contribution in [0.3, 0.4) is 0 Å². The van der Waals surface area contributed by atoms with Crippen LogP contribution in [0, 0.1) is 0 Å². The Morgan fingerprint density at radius 1 is 1.03 bits per heavy atom. The molecule has 0 amide bonds. The minimum Gasteiger partial charge on any atom is -0.550 e. The van der Waals surface area contributed by atoms with Crippen LogP contribution < -0.4 is 14.6 Å². The average Bonchev–Trinajstić information content (AvgIpc) is 3.38. The summed E-state index contributed by atoms with van der Waals surface area (Å²) in [7, 11) is 0. The molecule has 3 aromatic carbocycles. The smallest absolute Gasteiger partial charge is 0.126 e. The molecule has 5 nitrogen and oxygen atoms in total. The fourth-order valence-electron chi connectivity index (χ4n) is 4.43. The van der Waals surface area contributed by atoms with Crippen LogP contribution in [0.1, 0.15) is 24.3 Å². The number of nitrogens with zero attached hydrogens (tertiary/aromatic N) is 1. The Kier molecular flexibility index (Phi) is 5.55. The first kappa shape index (κ1) is 20.2. The lowest BCUT2D eigenvalue weighted by Crippen LogP contribution is -2.24. The van der Waals surface area contributed by atoms with E-state index in [9.17, 15) is 9.90 Å². The highest BCUT2D eigenvalue weighted by Gasteiger charge is 2.24. The van der Waals surface area contributed by atoms with Gasteiger partial charge in [0.2, 0.25) is 0 Å².